The molecular weight excluding hydrogens is 350 g/mol. The number of aromatic nitrogens is 3. The molecule has 0 fully saturated rings. The van der Waals surface area contributed by atoms with Gasteiger partial charge in [-0.2, -0.15) is 5.26 Å². The van der Waals surface area contributed by atoms with E-state index in [1.807, 2.05) is 6.07 Å². The van der Waals surface area contributed by atoms with Gasteiger partial charge in [-0.3, -0.25) is 9.20 Å². The molecule has 0 radical (unpaired) electrons. The SMILES string of the molecule is Cn1ccn2c(-c3ccc(F)c(-c4ccc(C#N)cc4F)c3)cnc2c1=O. The van der Waals surface area contributed by atoms with Crippen LogP contribution in [-0.4, -0.2) is 14.0 Å². The fraction of sp³-hybridized carbons (Fsp3) is 0.0500. The number of rotatable bonds is 2. The average Bonchev–Trinajstić information content (AvgIpc) is 3.10. The lowest BCUT2D eigenvalue weighted by molar-refractivity contribution is 0.616. The van der Waals surface area contributed by atoms with Gasteiger partial charge in [0.25, 0.3) is 5.56 Å². The van der Waals surface area contributed by atoms with Gasteiger partial charge in [0.15, 0.2) is 0 Å². The van der Waals surface area contributed by atoms with Gasteiger partial charge in [0.2, 0.25) is 5.65 Å². The third kappa shape index (κ3) is 2.68. The van der Waals surface area contributed by atoms with Crippen molar-refractivity contribution in [2.75, 3.05) is 0 Å². The van der Waals surface area contributed by atoms with Crippen molar-refractivity contribution >= 4 is 5.65 Å². The number of aryl methyl sites for hydroxylation is 1. The molecule has 5 nitrogen and oxygen atoms in total. The first-order valence-electron chi connectivity index (χ1n) is 8.02. The maximum absolute atomic E-state index is 14.4. The molecule has 0 amide bonds. The highest BCUT2D eigenvalue weighted by atomic mass is 19.1. The molecule has 132 valence electrons. The van der Waals surface area contributed by atoms with E-state index in [2.05, 4.69) is 4.98 Å². The normalized spacial score (nSPS) is 10.9. The standard InChI is InChI=1S/C20H12F2N4O/c1-25-6-7-26-18(11-24-19(26)20(25)27)13-3-5-16(21)15(9-13)14-4-2-12(10-23)8-17(14)22/h2-9,11H,1H3. The molecule has 7 heteroatoms. The van der Waals surface area contributed by atoms with E-state index in [9.17, 15) is 13.6 Å². The molecule has 2 aromatic carbocycles. The van der Waals surface area contributed by atoms with Crippen LogP contribution < -0.4 is 5.56 Å². The minimum absolute atomic E-state index is 0.0538. The van der Waals surface area contributed by atoms with Gasteiger partial charge < -0.3 is 4.57 Å². The Hall–Kier alpha value is -3.79. The highest BCUT2D eigenvalue weighted by Gasteiger charge is 2.15. The molecule has 0 N–H and O–H groups in total. The van der Waals surface area contributed by atoms with Crippen molar-refractivity contribution in [1.82, 2.24) is 14.0 Å². The van der Waals surface area contributed by atoms with Crippen molar-refractivity contribution in [3.63, 3.8) is 0 Å². The van der Waals surface area contributed by atoms with Crippen LogP contribution in [0, 0.1) is 23.0 Å². The first-order chi connectivity index (χ1) is 13.0. The van der Waals surface area contributed by atoms with E-state index < -0.39 is 11.6 Å². The molecule has 0 bridgehead atoms. The number of hydrogen-bond acceptors (Lipinski definition) is 3. The molecule has 0 aliphatic rings. The van der Waals surface area contributed by atoms with Crippen LogP contribution in [0.3, 0.4) is 0 Å². The Kier molecular flexibility index (Phi) is 3.81. The van der Waals surface area contributed by atoms with Crippen LogP contribution in [0.1, 0.15) is 5.56 Å². The summed E-state index contributed by atoms with van der Waals surface area (Å²) in [5, 5.41) is 8.86. The molecule has 2 aromatic heterocycles. The lowest BCUT2D eigenvalue weighted by Crippen LogP contribution is -2.18. The molecule has 27 heavy (non-hydrogen) atoms. The zero-order valence-corrected chi connectivity index (χ0v) is 14.1. The maximum Gasteiger partial charge on any atom is 0.293 e. The van der Waals surface area contributed by atoms with Crippen LogP contribution in [0.4, 0.5) is 8.78 Å². The number of hydrogen-bond donors (Lipinski definition) is 0. The molecule has 0 spiro atoms. The zero-order valence-electron chi connectivity index (χ0n) is 14.1. The van der Waals surface area contributed by atoms with E-state index in [0.29, 0.717) is 11.3 Å². The van der Waals surface area contributed by atoms with Crippen LogP contribution in [0.2, 0.25) is 0 Å². The van der Waals surface area contributed by atoms with Gasteiger partial charge in [-0.05, 0) is 30.3 Å². The lowest BCUT2D eigenvalue weighted by atomic mass is 9.99. The molecule has 4 aromatic rings. The summed E-state index contributed by atoms with van der Waals surface area (Å²) in [5.74, 6) is -1.27. The molecule has 0 unspecified atom stereocenters. The van der Waals surface area contributed by atoms with E-state index in [0.717, 1.165) is 6.07 Å². The van der Waals surface area contributed by atoms with Crippen LogP contribution in [-0.2, 0) is 7.05 Å². The highest BCUT2D eigenvalue weighted by molar-refractivity contribution is 5.73. The maximum atomic E-state index is 14.4. The minimum atomic E-state index is -0.683. The Labute approximate surface area is 152 Å². The summed E-state index contributed by atoms with van der Waals surface area (Å²) in [7, 11) is 1.63. The van der Waals surface area contributed by atoms with Crippen LogP contribution in [0.25, 0.3) is 28.0 Å². The predicted octanol–water partition coefficient (Wildman–Crippen LogP) is 3.52. The highest BCUT2D eigenvalue weighted by Crippen LogP contribution is 2.31. The molecule has 0 saturated heterocycles. The fourth-order valence-electron chi connectivity index (χ4n) is 2.97. The molecule has 0 saturated carbocycles. The summed E-state index contributed by atoms with van der Waals surface area (Å²) >= 11 is 0. The summed E-state index contributed by atoms with van der Waals surface area (Å²) in [5.41, 5.74) is 1.42. The number of nitrogens with zero attached hydrogens (tertiary/aromatic N) is 4. The number of imidazole rings is 1. The topological polar surface area (TPSA) is 63.1 Å². The number of fused-ring (bicyclic) bond motifs is 1. The largest absolute Gasteiger partial charge is 0.314 e. The van der Waals surface area contributed by atoms with Crippen molar-refractivity contribution in [3.05, 3.63) is 82.5 Å². The van der Waals surface area contributed by atoms with Crippen molar-refractivity contribution in [1.29, 1.82) is 5.26 Å². The molecule has 0 atom stereocenters. The van der Waals surface area contributed by atoms with E-state index in [4.69, 9.17) is 5.26 Å². The monoisotopic (exact) mass is 362 g/mol. The van der Waals surface area contributed by atoms with Crippen molar-refractivity contribution in [3.8, 4) is 28.5 Å². The Morgan fingerprint density at radius 2 is 1.85 bits per heavy atom. The van der Waals surface area contributed by atoms with Crippen LogP contribution in [0.5, 0.6) is 0 Å². The van der Waals surface area contributed by atoms with Crippen LogP contribution in [0.15, 0.2) is 59.8 Å². The van der Waals surface area contributed by atoms with Crippen molar-refractivity contribution in [2.24, 2.45) is 7.05 Å². The molecule has 0 aliphatic heterocycles. The first kappa shape index (κ1) is 16.7. The Balaban J connectivity index is 1.91. The summed E-state index contributed by atoms with van der Waals surface area (Å²) < 4.78 is 31.7. The van der Waals surface area contributed by atoms with E-state index in [-0.39, 0.29) is 27.9 Å². The number of benzene rings is 2. The average molecular weight is 362 g/mol. The summed E-state index contributed by atoms with van der Waals surface area (Å²) in [4.78, 5) is 16.3. The first-order valence-corrected chi connectivity index (χ1v) is 8.02. The molecule has 2 heterocycles. The van der Waals surface area contributed by atoms with Gasteiger partial charge >= 0.3 is 0 Å². The fourth-order valence-corrected chi connectivity index (χ4v) is 2.97. The second-order valence-electron chi connectivity index (χ2n) is 6.05. The predicted molar refractivity (Wildman–Crippen MR) is 95.9 cm³/mol. The lowest BCUT2D eigenvalue weighted by Gasteiger charge is -2.09. The van der Waals surface area contributed by atoms with Crippen molar-refractivity contribution < 1.29 is 8.78 Å². The minimum Gasteiger partial charge on any atom is -0.314 e. The van der Waals surface area contributed by atoms with Gasteiger partial charge in [-0.1, -0.05) is 6.07 Å². The van der Waals surface area contributed by atoms with Gasteiger partial charge in [0.1, 0.15) is 11.6 Å². The van der Waals surface area contributed by atoms with Gasteiger partial charge in [0.05, 0.1) is 23.5 Å². The second-order valence-corrected chi connectivity index (χ2v) is 6.05. The number of halogens is 2. The smallest absolute Gasteiger partial charge is 0.293 e. The third-order valence-electron chi connectivity index (χ3n) is 4.40. The van der Waals surface area contributed by atoms with Gasteiger partial charge in [0, 0.05) is 36.1 Å². The summed E-state index contributed by atoms with van der Waals surface area (Å²) in [6, 6.07) is 10.0. The Morgan fingerprint density at radius 1 is 1.04 bits per heavy atom. The molecule has 4 rings (SSSR count). The van der Waals surface area contributed by atoms with E-state index in [1.165, 1.54) is 35.0 Å². The number of nitriles is 1. The van der Waals surface area contributed by atoms with E-state index >= 15 is 0 Å². The van der Waals surface area contributed by atoms with Crippen LogP contribution >= 0.6 is 0 Å². The summed E-state index contributed by atoms with van der Waals surface area (Å²) in [6.07, 6.45) is 4.80. The van der Waals surface area contributed by atoms with E-state index in [1.54, 1.807) is 29.9 Å². The zero-order chi connectivity index (χ0) is 19.1. The molecular formula is C20H12F2N4O. The quantitative estimate of drug-likeness (QED) is 0.548. The van der Waals surface area contributed by atoms with Gasteiger partial charge in [-0.15, -0.1) is 0 Å². The Morgan fingerprint density at radius 3 is 2.59 bits per heavy atom. The Bertz CT molecular complexity index is 1300. The third-order valence-corrected chi connectivity index (χ3v) is 4.40. The molecule has 0 aliphatic carbocycles. The van der Waals surface area contributed by atoms with Crippen molar-refractivity contribution in [2.45, 2.75) is 0 Å². The van der Waals surface area contributed by atoms with Gasteiger partial charge in [-0.25, -0.2) is 13.8 Å². The summed E-state index contributed by atoms with van der Waals surface area (Å²) in [6.45, 7) is 0. The second kappa shape index (κ2) is 6.18.